The van der Waals surface area contributed by atoms with E-state index in [4.69, 9.17) is 15.6 Å². The molecule has 2 aromatic heterocycles. The molecule has 0 radical (unpaired) electrons. The highest BCUT2D eigenvalue weighted by Gasteiger charge is 2.23. The molecule has 10 nitrogen and oxygen atoms in total. The Hall–Kier alpha value is -4.16. The fourth-order valence-corrected chi connectivity index (χ4v) is 3.49. The minimum absolute atomic E-state index is 0.0412. The molecule has 35 heavy (non-hydrogen) atoms. The predicted molar refractivity (Wildman–Crippen MR) is 125 cm³/mol. The number of aliphatic hydroxyl groups is 1. The molecule has 0 fully saturated rings. The van der Waals surface area contributed by atoms with Crippen molar-refractivity contribution in [2.75, 3.05) is 31.2 Å². The van der Waals surface area contributed by atoms with Crippen LogP contribution in [-0.4, -0.2) is 57.1 Å². The van der Waals surface area contributed by atoms with E-state index in [0.29, 0.717) is 42.0 Å². The number of nitrogens with two attached hydrogens (primary N) is 1. The number of aliphatic hydroxyl groups excluding tert-OH is 1. The molecule has 0 aliphatic rings. The molecule has 4 rings (SSSR count). The van der Waals surface area contributed by atoms with Crippen LogP contribution in [0.2, 0.25) is 0 Å². The first-order chi connectivity index (χ1) is 17.0. The first-order valence-electron chi connectivity index (χ1n) is 10.7. The van der Waals surface area contributed by atoms with E-state index >= 15 is 0 Å². The SMILES string of the molecule is NC(=O)Cn1cc(N(c2cccc(F)c2F)c2ncnc3cc(OCCNCCO)ccc23)cn1. The van der Waals surface area contributed by atoms with Gasteiger partial charge in [-0.25, -0.2) is 18.7 Å². The number of rotatable bonds is 11. The Labute approximate surface area is 199 Å². The maximum atomic E-state index is 14.9. The van der Waals surface area contributed by atoms with Gasteiger partial charge in [-0.2, -0.15) is 5.10 Å². The maximum Gasteiger partial charge on any atom is 0.239 e. The van der Waals surface area contributed by atoms with Gasteiger partial charge in [0, 0.05) is 30.7 Å². The number of hydrogen-bond donors (Lipinski definition) is 3. The fourth-order valence-electron chi connectivity index (χ4n) is 3.49. The van der Waals surface area contributed by atoms with E-state index in [9.17, 15) is 13.6 Å². The third-order valence-corrected chi connectivity index (χ3v) is 5.00. The van der Waals surface area contributed by atoms with Gasteiger partial charge >= 0.3 is 0 Å². The zero-order valence-corrected chi connectivity index (χ0v) is 18.6. The number of ether oxygens (including phenoxy) is 1. The zero-order chi connectivity index (χ0) is 24.8. The van der Waals surface area contributed by atoms with Gasteiger partial charge in [-0.3, -0.25) is 14.4 Å². The van der Waals surface area contributed by atoms with Crippen LogP contribution in [0.3, 0.4) is 0 Å². The van der Waals surface area contributed by atoms with Crippen molar-refractivity contribution in [1.82, 2.24) is 25.1 Å². The third kappa shape index (κ3) is 5.50. The van der Waals surface area contributed by atoms with E-state index in [1.54, 1.807) is 18.2 Å². The molecule has 2 aromatic carbocycles. The number of carbonyl (C=O) groups excluding carboxylic acids is 1. The monoisotopic (exact) mass is 483 g/mol. The number of benzene rings is 2. The second-order valence-corrected chi connectivity index (χ2v) is 7.47. The molecule has 0 spiro atoms. The Kier molecular flexibility index (Phi) is 7.43. The standard InChI is InChI=1S/C23H23F2N7O3/c24-18-2-1-3-20(22(18)25)32(15-11-30-31(12-15)13-21(26)34)23-17-5-4-16(10-19(17)28-14-29-23)35-9-7-27-6-8-33/h1-5,10-12,14,27,33H,6-9,13H2,(H2,26,34). The van der Waals surface area contributed by atoms with Gasteiger partial charge < -0.3 is 20.9 Å². The van der Waals surface area contributed by atoms with Crippen molar-refractivity contribution in [1.29, 1.82) is 0 Å². The van der Waals surface area contributed by atoms with Crippen LogP contribution in [-0.2, 0) is 11.3 Å². The molecule has 0 saturated carbocycles. The summed E-state index contributed by atoms with van der Waals surface area (Å²) in [5, 5.41) is 16.5. The molecule has 0 aliphatic carbocycles. The van der Waals surface area contributed by atoms with Gasteiger partial charge in [0.25, 0.3) is 0 Å². The van der Waals surface area contributed by atoms with Crippen LogP contribution in [0.25, 0.3) is 10.9 Å². The average molecular weight is 483 g/mol. The highest BCUT2D eigenvalue weighted by Crippen LogP contribution is 2.38. The number of amides is 1. The smallest absolute Gasteiger partial charge is 0.239 e. The van der Waals surface area contributed by atoms with Crippen molar-refractivity contribution in [2.45, 2.75) is 6.54 Å². The lowest BCUT2D eigenvalue weighted by Crippen LogP contribution is -2.23. The van der Waals surface area contributed by atoms with Crippen molar-refractivity contribution < 1.29 is 23.4 Å². The molecule has 12 heteroatoms. The second-order valence-electron chi connectivity index (χ2n) is 7.47. The topological polar surface area (TPSA) is 131 Å². The van der Waals surface area contributed by atoms with Gasteiger partial charge in [0.2, 0.25) is 5.91 Å². The van der Waals surface area contributed by atoms with Gasteiger partial charge in [0.1, 0.15) is 31.0 Å². The van der Waals surface area contributed by atoms with E-state index in [1.807, 2.05) is 0 Å². The average Bonchev–Trinajstić information content (AvgIpc) is 3.29. The second kappa shape index (κ2) is 10.8. The molecule has 0 bridgehead atoms. The van der Waals surface area contributed by atoms with E-state index in [1.165, 1.54) is 40.4 Å². The number of carbonyl (C=O) groups is 1. The normalized spacial score (nSPS) is 11.1. The Bertz CT molecular complexity index is 1330. The molecule has 0 unspecified atom stereocenters. The fraction of sp³-hybridized carbons (Fsp3) is 0.217. The molecule has 4 aromatic rings. The van der Waals surface area contributed by atoms with Gasteiger partial charge in [-0.15, -0.1) is 0 Å². The number of nitrogens with zero attached hydrogens (tertiary/aromatic N) is 5. The van der Waals surface area contributed by atoms with Crippen LogP contribution in [0.1, 0.15) is 0 Å². The Morgan fingerprint density at radius 2 is 2.06 bits per heavy atom. The molecule has 2 heterocycles. The summed E-state index contributed by atoms with van der Waals surface area (Å²) in [6, 6.07) is 8.97. The lowest BCUT2D eigenvalue weighted by molar-refractivity contribution is -0.118. The Balaban J connectivity index is 1.74. The van der Waals surface area contributed by atoms with Crippen LogP contribution in [0.15, 0.2) is 55.1 Å². The van der Waals surface area contributed by atoms with Crippen LogP contribution in [0.4, 0.5) is 26.0 Å². The minimum Gasteiger partial charge on any atom is -0.492 e. The van der Waals surface area contributed by atoms with Crippen LogP contribution in [0.5, 0.6) is 5.75 Å². The number of halogens is 2. The summed E-state index contributed by atoms with van der Waals surface area (Å²) in [5.41, 5.74) is 6.01. The third-order valence-electron chi connectivity index (χ3n) is 5.00. The molecule has 0 saturated heterocycles. The summed E-state index contributed by atoms with van der Waals surface area (Å²) < 4.78 is 36.1. The molecule has 0 atom stereocenters. The summed E-state index contributed by atoms with van der Waals surface area (Å²) in [4.78, 5) is 21.4. The maximum absolute atomic E-state index is 14.9. The summed E-state index contributed by atoms with van der Waals surface area (Å²) in [7, 11) is 0. The van der Waals surface area contributed by atoms with Crippen molar-refractivity contribution in [3.63, 3.8) is 0 Å². The largest absolute Gasteiger partial charge is 0.492 e. The van der Waals surface area contributed by atoms with Gasteiger partial charge in [0.05, 0.1) is 29.7 Å². The molecule has 4 N–H and O–H groups in total. The van der Waals surface area contributed by atoms with E-state index in [2.05, 4.69) is 20.4 Å². The van der Waals surface area contributed by atoms with Gasteiger partial charge in [0.15, 0.2) is 11.6 Å². The highest BCUT2D eigenvalue weighted by molar-refractivity contribution is 5.95. The van der Waals surface area contributed by atoms with E-state index in [0.717, 1.165) is 6.07 Å². The summed E-state index contributed by atoms with van der Waals surface area (Å²) >= 11 is 0. The van der Waals surface area contributed by atoms with Gasteiger partial charge in [-0.1, -0.05) is 6.07 Å². The quantitative estimate of drug-likeness (QED) is 0.276. The van der Waals surface area contributed by atoms with Crippen molar-refractivity contribution in [3.05, 3.63) is 66.8 Å². The lowest BCUT2D eigenvalue weighted by Gasteiger charge is -2.24. The zero-order valence-electron chi connectivity index (χ0n) is 18.6. The van der Waals surface area contributed by atoms with Crippen molar-refractivity contribution in [2.24, 2.45) is 5.73 Å². The predicted octanol–water partition coefficient (Wildman–Crippen LogP) is 2.02. The molecule has 1 amide bonds. The lowest BCUT2D eigenvalue weighted by atomic mass is 10.2. The number of fused-ring (bicyclic) bond motifs is 1. The molecule has 0 aliphatic heterocycles. The first kappa shape index (κ1) is 24.0. The number of aromatic nitrogens is 4. The number of nitrogens with one attached hydrogen (secondary N) is 1. The molecule has 182 valence electrons. The Morgan fingerprint density at radius 1 is 1.20 bits per heavy atom. The number of anilines is 3. The van der Waals surface area contributed by atoms with E-state index < -0.39 is 17.5 Å². The van der Waals surface area contributed by atoms with Crippen LogP contribution >= 0.6 is 0 Å². The van der Waals surface area contributed by atoms with Crippen molar-refractivity contribution >= 4 is 34.0 Å². The summed E-state index contributed by atoms with van der Waals surface area (Å²) in [6.07, 6.45) is 4.19. The molecular weight excluding hydrogens is 460 g/mol. The Morgan fingerprint density at radius 3 is 2.86 bits per heavy atom. The number of hydrogen-bond acceptors (Lipinski definition) is 8. The molecular formula is C23H23F2N7O3. The number of primary amides is 1. The minimum atomic E-state index is -1.07. The van der Waals surface area contributed by atoms with Crippen LogP contribution in [0, 0.1) is 11.6 Å². The highest BCUT2D eigenvalue weighted by atomic mass is 19.2. The van der Waals surface area contributed by atoms with Gasteiger partial charge in [-0.05, 0) is 24.3 Å². The van der Waals surface area contributed by atoms with Crippen molar-refractivity contribution in [3.8, 4) is 5.75 Å². The van der Waals surface area contributed by atoms with E-state index in [-0.39, 0.29) is 24.7 Å². The summed E-state index contributed by atoms with van der Waals surface area (Å²) in [5.74, 6) is -1.87. The van der Waals surface area contributed by atoms with Crippen LogP contribution < -0.4 is 20.7 Å². The first-order valence-corrected chi connectivity index (χ1v) is 10.7. The summed E-state index contributed by atoms with van der Waals surface area (Å²) in [6.45, 7) is 1.26.